The predicted molar refractivity (Wildman–Crippen MR) is 53.1 cm³/mol. The summed E-state index contributed by atoms with van der Waals surface area (Å²) in [5, 5.41) is 15.8. The molecule has 0 unspecified atom stereocenters. The fourth-order valence-corrected chi connectivity index (χ4v) is 1.57. The maximum absolute atomic E-state index is 10.9. The molecule has 0 spiro atoms. The standard InChI is InChI=1S/C9H12N4O2/c1-3-5-7(9(14)15)12-13-8(5)10-6(4-2)11-13/h12H,3-4H2,1-2H3,(H,14,15). The Balaban J connectivity index is 2.67. The normalized spacial score (nSPS) is 11.1. The van der Waals surface area contributed by atoms with E-state index in [9.17, 15) is 4.79 Å². The summed E-state index contributed by atoms with van der Waals surface area (Å²) in [5.41, 5.74) is 1.50. The second kappa shape index (κ2) is 3.38. The molecule has 0 amide bonds. The van der Waals surface area contributed by atoms with Crippen LogP contribution in [0.2, 0.25) is 0 Å². The van der Waals surface area contributed by atoms with Crippen molar-refractivity contribution in [3.63, 3.8) is 0 Å². The molecule has 2 aromatic rings. The lowest BCUT2D eigenvalue weighted by atomic mass is 10.2. The lowest BCUT2D eigenvalue weighted by Gasteiger charge is -1.92. The first-order valence-corrected chi connectivity index (χ1v) is 4.87. The molecule has 2 heterocycles. The van der Waals surface area contributed by atoms with Gasteiger partial charge in [-0.15, -0.1) is 5.10 Å². The number of fused-ring (bicyclic) bond motifs is 1. The van der Waals surface area contributed by atoms with Crippen LogP contribution in [0.3, 0.4) is 0 Å². The SMILES string of the molecule is CCc1nc2c(CC)c(C(=O)O)[nH]n2n1. The van der Waals surface area contributed by atoms with E-state index in [1.165, 1.54) is 4.63 Å². The highest BCUT2D eigenvalue weighted by atomic mass is 16.4. The maximum Gasteiger partial charge on any atom is 0.354 e. The molecule has 15 heavy (non-hydrogen) atoms. The Morgan fingerprint density at radius 2 is 2.20 bits per heavy atom. The van der Waals surface area contributed by atoms with Crippen molar-refractivity contribution in [1.82, 2.24) is 19.8 Å². The summed E-state index contributed by atoms with van der Waals surface area (Å²) >= 11 is 0. The third-order valence-electron chi connectivity index (χ3n) is 2.32. The molecule has 0 saturated heterocycles. The van der Waals surface area contributed by atoms with Gasteiger partial charge in [-0.1, -0.05) is 13.8 Å². The van der Waals surface area contributed by atoms with E-state index in [0.29, 0.717) is 23.5 Å². The summed E-state index contributed by atoms with van der Waals surface area (Å²) in [4.78, 5) is 15.2. The predicted octanol–water partition coefficient (Wildman–Crippen LogP) is 0.880. The van der Waals surface area contributed by atoms with E-state index in [1.807, 2.05) is 13.8 Å². The van der Waals surface area contributed by atoms with Crippen molar-refractivity contribution in [2.45, 2.75) is 26.7 Å². The largest absolute Gasteiger partial charge is 0.477 e. The highest BCUT2D eigenvalue weighted by Gasteiger charge is 2.18. The first-order chi connectivity index (χ1) is 7.17. The van der Waals surface area contributed by atoms with Crippen LogP contribution in [0.1, 0.15) is 35.7 Å². The zero-order valence-electron chi connectivity index (χ0n) is 8.61. The summed E-state index contributed by atoms with van der Waals surface area (Å²) in [6.07, 6.45) is 1.36. The molecule has 0 aliphatic heterocycles. The van der Waals surface area contributed by atoms with E-state index in [-0.39, 0.29) is 5.69 Å². The van der Waals surface area contributed by atoms with Crippen molar-refractivity contribution in [3.05, 3.63) is 17.1 Å². The van der Waals surface area contributed by atoms with Crippen molar-refractivity contribution >= 4 is 11.6 Å². The quantitative estimate of drug-likeness (QED) is 0.784. The number of nitrogens with zero attached hydrogens (tertiary/aromatic N) is 3. The Morgan fingerprint density at radius 1 is 1.47 bits per heavy atom. The average Bonchev–Trinajstić information content (AvgIpc) is 2.72. The Morgan fingerprint density at radius 3 is 2.73 bits per heavy atom. The van der Waals surface area contributed by atoms with Crippen LogP contribution in [0.25, 0.3) is 5.65 Å². The highest BCUT2D eigenvalue weighted by molar-refractivity contribution is 5.89. The molecule has 0 bridgehead atoms. The number of carbonyl (C=O) groups is 1. The van der Waals surface area contributed by atoms with Gasteiger partial charge < -0.3 is 5.11 Å². The van der Waals surface area contributed by atoms with E-state index in [4.69, 9.17) is 5.11 Å². The lowest BCUT2D eigenvalue weighted by molar-refractivity contribution is 0.0688. The zero-order valence-corrected chi connectivity index (χ0v) is 8.61. The lowest BCUT2D eigenvalue weighted by Crippen LogP contribution is -2.02. The third kappa shape index (κ3) is 1.38. The van der Waals surface area contributed by atoms with Crippen LogP contribution in [-0.2, 0) is 12.8 Å². The first kappa shape index (κ1) is 9.70. The van der Waals surface area contributed by atoms with E-state index in [1.54, 1.807) is 0 Å². The summed E-state index contributed by atoms with van der Waals surface area (Å²) in [7, 11) is 0. The van der Waals surface area contributed by atoms with Gasteiger partial charge in [0.1, 0.15) is 5.69 Å². The third-order valence-corrected chi connectivity index (χ3v) is 2.32. The molecule has 0 radical (unpaired) electrons. The van der Waals surface area contributed by atoms with Crippen molar-refractivity contribution in [2.24, 2.45) is 0 Å². The Bertz CT molecular complexity index is 511. The van der Waals surface area contributed by atoms with Crippen LogP contribution in [-0.4, -0.2) is 30.9 Å². The van der Waals surface area contributed by atoms with E-state index >= 15 is 0 Å². The van der Waals surface area contributed by atoms with Crippen molar-refractivity contribution in [3.8, 4) is 0 Å². The molecule has 0 fully saturated rings. The Labute approximate surface area is 85.9 Å². The number of carboxylic acids is 1. The van der Waals surface area contributed by atoms with Crippen molar-refractivity contribution in [2.75, 3.05) is 0 Å². The van der Waals surface area contributed by atoms with Gasteiger partial charge in [-0.2, -0.15) is 4.63 Å². The van der Waals surface area contributed by atoms with Gasteiger partial charge in [0, 0.05) is 12.0 Å². The average molecular weight is 208 g/mol. The smallest absolute Gasteiger partial charge is 0.354 e. The summed E-state index contributed by atoms with van der Waals surface area (Å²) in [5.74, 6) is -0.259. The number of aromatic nitrogens is 4. The molecular weight excluding hydrogens is 196 g/mol. The number of rotatable bonds is 3. The van der Waals surface area contributed by atoms with Crippen LogP contribution in [0.15, 0.2) is 0 Å². The number of H-pyrrole nitrogens is 1. The highest BCUT2D eigenvalue weighted by Crippen LogP contribution is 2.14. The van der Waals surface area contributed by atoms with Gasteiger partial charge >= 0.3 is 5.97 Å². The molecule has 6 nitrogen and oxygen atoms in total. The van der Waals surface area contributed by atoms with Crippen LogP contribution in [0.5, 0.6) is 0 Å². The molecule has 0 aliphatic rings. The number of aromatic amines is 1. The van der Waals surface area contributed by atoms with E-state index < -0.39 is 5.97 Å². The van der Waals surface area contributed by atoms with Crippen molar-refractivity contribution < 1.29 is 9.90 Å². The number of carboxylic acid groups (broad SMARTS) is 1. The monoisotopic (exact) mass is 208 g/mol. The van der Waals surface area contributed by atoms with Gasteiger partial charge in [-0.05, 0) is 6.42 Å². The van der Waals surface area contributed by atoms with Gasteiger partial charge in [0.2, 0.25) is 0 Å². The first-order valence-electron chi connectivity index (χ1n) is 4.87. The van der Waals surface area contributed by atoms with Gasteiger partial charge in [0.25, 0.3) is 0 Å². The Kier molecular flexibility index (Phi) is 2.18. The minimum Gasteiger partial charge on any atom is -0.477 e. The molecule has 2 aromatic heterocycles. The number of hydrogen-bond acceptors (Lipinski definition) is 3. The minimum atomic E-state index is -0.975. The number of aromatic carboxylic acids is 1. The summed E-state index contributed by atoms with van der Waals surface area (Å²) in [6.45, 7) is 3.86. The van der Waals surface area contributed by atoms with Gasteiger partial charge in [0.15, 0.2) is 11.5 Å². The van der Waals surface area contributed by atoms with Gasteiger partial charge in [-0.25, -0.2) is 9.78 Å². The molecule has 2 N–H and O–H groups in total. The van der Waals surface area contributed by atoms with Crippen LogP contribution in [0, 0.1) is 0 Å². The second-order valence-electron chi connectivity index (χ2n) is 3.24. The van der Waals surface area contributed by atoms with Gasteiger partial charge in [-0.3, -0.25) is 5.10 Å². The fourth-order valence-electron chi connectivity index (χ4n) is 1.57. The summed E-state index contributed by atoms with van der Waals surface area (Å²) in [6, 6.07) is 0. The molecule has 0 aliphatic carbocycles. The summed E-state index contributed by atoms with van der Waals surface area (Å²) < 4.78 is 1.43. The number of nitrogens with one attached hydrogen (secondary N) is 1. The van der Waals surface area contributed by atoms with Gasteiger partial charge in [0.05, 0.1) is 0 Å². The molecule has 6 heteroatoms. The second-order valence-corrected chi connectivity index (χ2v) is 3.24. The zero-order chi connectivity index (χ0) is 11.0. The molecular formula is C9H12N4O2. The van der Waals surface area contributed by atoms with Crippen LogP contribution >= 0.6 is 0 Å². The van der Waals surface area contributed by atoms with E-state index in [0.717, 1.165) is 6.42 Å². The van der Waals surface area contributed by atoms with E-state index in [2.05, 4.69) is 15.2 Å². The molecule has 80 valence electrons. The molecule has 0 aromatic carbocycles. The molecule has 2 rings (SSSR count). The minimum absolute atomic E-state index is 0.176. The number of hydrogen-bond donors (Lipinski definition) is 2. The fraction of sp³-hybridized carbons (Fsp3) is 0.444. The van der Waals surface area contributed by atoms with Crippen LogP contribution in [0.4, 0.5) is 0 Å². The molecule has 0 saturated carbocycles. The topological polar surface area (TPSA) is 83.3 Å². The van der Waals surface area contributed by atoms with Crippen LogP contribution < -0.4 is 0 Å². The maximum atomic E-state index is 10.9. The van der Waals surface area contributed by atoms with Crippen molar-refractivity contribution in [1.29, 1.82) is 0 Å². The molecule has 0 atom stereocenters. The Hall–Kier alpha value is -1.85. The number of aryl methyl sites for hydroxylation is 2.